The maximum atomic E-state index is 11.1. The molecule has 6 heteroatoms. The first-order valence-electron chi connectivity index (χ1n) is 9.56. The second kappa shape index (κ2) is 8.31. The Balaban J connectivity index is 1.68. The van der Waals surface area contributed by atoms with Crippen molar-refractivity contribution in [3.8, 4) is 16.9 Å². The molecular formula is C24H22N2O4. The van der Waals surface area contributed by atoms with E-state index in [0.717, 1.165) is 33.2 Å². The van der Waals surface area contributed by atoms with E-state index in [1.54, 1.807) is 24.5 Å². The van der Waals surface area contributed by atoms with Crippen LogP contribution in [0.25, 0.3) is 22.1 Å². The molecule has 0 spiro atoms. The minimum atomic E-state index is -0.925. The van der Waals surface area contributed by atoms with E-state index in [2.05, 4.69) is 0 Å². The number of fused-ring (bicyclic) bond motifs is 1. The van der Waals surface area contributed by atoms with Gasteiger partial charge in [0.25, 0.3) is 0 Å². The first kappa shape index (κ1) is 19.5. The zero-order chi connectivity index (χ0) is 21.1. The van der Waals surface area contributed by atoms with Crippen LogP contribution in [0, 0.1) is 0 Å². The lowest BCUT2D eigenvalue weighted by Gasteiger charge is -2.13. The highest BCUT2D eigenvalue weighted by Crippen LogP contribution is 2.32. The number of hydrogen-bond donors (Lipinski definition) is 3. The molecule has 4 aromatic rings. The molecular weight excluding hydrogens is 380 g/mol. The summed E-state index contributed by atoms with van der Waals surface area (Å²) < 4.78 is 11.7. The molecule has 0 saturated heterocycles. The summed E-state index contributed by atoms with van der Waals surface area (Å²) in [4.78, 5) is 11.1. The third-order valence-corrected chi connectivity index (χ3v) is 4.91. The van der Waals surface area contributed by atoms with Crippen molar-refractivity contribution in [2.24, 2.45) is 5.73 Å². The van der Waals surface area contributed by atoms with Gasteiger partial charge in [-0.2, -0.15) is 0 Å². The Hall–Kier alpha value is -3.77. The fraction of sp³-hybridized carbons (Fsp3) is 0.125. The van der Waals surface area contributed by atoms with Gasteiger partial charge in [-0.25, -0.2) is 0 Å². The summed E-state index contributed by atoms with van der Waals surface area (Å²) >= 11 is 0. The molecule has 1 heterocycles. The van der Waals surface area contributed by atoms with E-state index < -0.39 is 5.97 Å². The molecule has 0 amide bonds. The van der Waals surface area contributed by atoms with Crippen LogP contribution in [0.5, 0.6) is 5.75 Å². The standard InChI is InChI=1S/C24H22N2O4/c25-13-15-2-1-3-17(8-15)21-10-16(9-19-6-7-29-24(19)21)14-30-22-12-20(26)5-4-18(22)11-23(27)28/h1-10,12H,11,13-14,25-26H2,(H,27,28). The zero-order valence-electron chi connectivity index (χ0n) is 16.3. The minimum Gasteiger partial charge on any atom is -0.489 e. The van der Waals surface area contributed by atoms with Gasteiger partial charge in [-0.1, -0.05) is 24.3 Å². The first-order valence-corrected chi connectivity index (χ1v) is 9.56. The van der Waals surface area contributed by atoms with Gasteiger partial charge in [-0.05, 0) is 47.0 Å². The molecule has 0 aliphatic carbocycles. The molecule has 0 saturated carbocycles. The molecule has 0 aliphatic rings. The van der Waals surface area contributed by atoms with Crippen LogP contribution in [0.4, 0.5) is 5.69 Å². The predicted octanol–water partition coefficient (Wildman–Crippen LogP) is 4.35. The van der Waals surface area contributed by atoms with Crippen molar-refractivity contribution in [3.63, 3.8) is 0 Å². The van der Waals surface area contributed by atoms with Crippen LogP contribution in [-0.2, 0) is 24.4 Å². The molecule has 0 bridgehead atoms. The van der Waals surface area contributed by atoms with E-state index in [9.17, 15) is 4.79 Å². The van der Waals surface area contributed by atoms with Crippen molar-refractivity contribution < 1.29 is 19.1 Å². The number of nitrogen functional groups attached to an aromatic ring is 1. The summed E-state index contributed by atoms with van der Waals surface area (Å²) in [6, 6.07) is 19.0. The number of carbonyl (C=O) groups is 1. The number of aliphatic carboxylic acids is 1. The molecule has 0 aliphatic heterocycles. The lowest BCUT2D eigenvalue weighted by molar-refractivity contribution is -0.136. The van der Waals surface area contributed by atoms with E-state index in [1.165, 1.54) is 0 Å². The number of carboxylic acids is 1. The molecule has 30 heavy (non-hydrogen) atoms. The second-order valence-electron chi connectivity index (χ2n) is 7.11. The average Bonchev–Trinajstić information content (AvgIpc) is 3.21. The van der Waals surface area contributed by atoms with E-state index in [4.69, 9.17) is 25.7 Å². The number of hydrogen-bond acceptors (Lipinski definition) is 5. The molecule has 152 valence electrons. The SMILES string of the molecule is NCc1cccc(-c2cc(COc3cc(N)ccc3CC(=O)O)cc3ccoc23)c1. The first-order chi connectivity index (χ1) is 14.5. The summed E-state index contributed by atoms with van der Waals surface area (Å²) in [6.07, 6.45) is 1.53. The van der Waals surface area contributed by atoms with Crippen molar-refractivity contribution >= 4 is 22.6 Å². The summed E-state index contributed by atoms with van der Waals surface area (Å²) in [5.41, 5.74) is 17.5. The summed E-state index contributed by atoms with van der Waals surface area (Å²) in [5, 5.41) is 10.1. The molecule has 0 radical (unpaired) electrons. The van der Waals surface area contributed by atoms with Crippen molar-refractivity contribution in [1.82, 2.24) is 0 Å². The number of rotatable bonds is 7. The number of anilines is 1. The Morgan fingerprint density at radius 3 is 2.70 bits per heavy atom. The zero-order valence-corrected chi connectivity index (χ0v) is 16.3. The highest BCUT2D eigenvalue weighted by atomic mass is 16.5. The molecule has 3 aromatic carbocycles. The van der Waals surface area contributed by atoms with Crippen LogP contribution in [0.3, 0.4) is 0 Å². The Labute approximate surface area is 173 Å². The maximum absolute atomic E-state index is 11.1. The van der Waals surface area contributed by atoms with E-state index in [1.807, 2.05) is 42.5 Å². The van der Waals surface area contributed by atoms with Crippen molar-refractivity contribution in [2.45, 2.75) is 19.6 Å². The molecule has 0 atom stereocenters. The lowest BCUT2D eigenvalue weighted by Crippen LogP contribution is -2.05. The molecule has 0 fully saturated rings. The Bertz CT molecular complexity index is 1210. The summed E-state index contributed by atoms with van der Waals surface area (Å²) in [7, 11) is 0. The van der Waals surface area contributed by atoms with Crippen molar-refractivity contribution in [1.29, 1.82) is 0 Å². The predicted molar refractivity (Wildman–Crippen MR) is 116 cm³/mol. The molecule has 0 unspecified atom stereocenters. The molecule has 4 rings (SSSR count). The van der Waals surface area contributed by atoms with Gasteiger partial charge in [0.1, 0.15) is 17.9 Å². The Kier molecular flexibility index (Phi) is 5.41. The third-order valence-electron chi connectivity index (χ3n) is 4.91. The fourth-order valence-electron chi connectivity index (χ4n) is 3.48. The topological polar surface area (TPSA) is 112 Å². The number of furan rings is 1. The van der Waals surface area contributed by atoms with Gasteiger partial charge in [0.05, 0.1) is 12.7 Å². The maximum Gasteiger partial charge on any atom is 0.307 e. The normalized spacial score (nSPS) is 11.0. The number of ether oxygens (including phenoxy) is 1. The highest BCUT2D eigenvalue weighted by Gasteiger charge is 2.13. The smallest absolute Gasteiger partial charge is 0.307 e. The second-order valence-corrected chi connectivity index (χ2v) is 7.11. The average molecular weight is 402 g/mol. The third kappa shape index (κ3) is 4.14. The van der Waals surface area contributed by atoms with Crippen LogP contribution in [0.2, 0.25) is 0 Å². The van der Waals surface area contributed by atoms with Crippen LogP contribution in [-0.4, -0.2) is 11.1 Å². The van der Waals surface area contributed by atoms with Gasteiger partial charge in [0.15, 0.2) is 0 Å². The fourth-order valence-corrected chi connectivity index (χ4v) is 3.48. The number of carboxylic acid groups (broad SMARTS) is 1. The van der Waals surface area contributed by atoms with Gasteiger partial charge in [-0.15, -0.1) is 0 Å². The van der Waals surface area contributed by atoms with Crippen LogP contribution in [0.15, 0.2) is 71.3 Å². The molecule has 1 aromatic heterocycles. The van der Waals surface area contributed by atoms with E-state index >= 15 is 0 Å². The van der Waals surface area contributed by atoms with Crippen LogP contribution in [0.1, 0.15) is 16.7 Å². The monoisotopic (exact) mass is 402 g/mol. The molecule has 6 nitrogen and oxygen atoms in total. The Morgan fingerprint density at radius 2 is 1.90 bits per heavy atom. The van der Waals surface area contributed by atoms with Gasteiger partial charge in [0.2, 0.25) is 0 Å². The van der Waals surface area contributed by atoms with Gasteiger partial charge < -0.3 is 25.7 Å². The quantitative estimate of drug-likeness (QED) is 0.396. The van der Waals surface area contributed by atoms with Crippen LogP contribution >= 0.6 is 0 Å². The molecule has 5 N–H and O–H groups in total. The van der Waals surface area contributed by atoms with Gasteiger partial charge in [-0.3, -0.25) is 4.79 Å². The minimum absolute atomic E-state index is 0.131. The number of nitrogens with two attached hydrogens (primary N) is 2. The summed E-state index contributed by atoms with van der Waals surface area (Å²) in [6.45, 7) is 0.723. The highest BCUT2D eigenvalue weighted by molar-refractivity contribution is 5.93. The van der Waals surface area contributed by atoms with E-state index in [-0.39, 0.29) is 13.0 Å². The van der Waals surface area contributed by atoms with Crippen molar-refractivity contribution in [3.05, 3.63) is 83.6 Å². The Morgan fingerprint density at radius 1 is 1.03 bits per heavy atom. The van der Waals surface area contributed by atoms with Crippen molar-refractivity contribution in [2.75, 3.05) is 5.73 Å². The largest absolute Gasteiger partial charge is 0.489 e. The van der Waals surface area contributed by atoms with Gasteiger partial charge in [0, 0.05) is 34.8 Å². The van der Waals surface area contributed by atoms with Crippen LogP contribution < -0.4 is 16.2 Å². The van der Waals surface area contributed by atoms with Gasteiger partial charge >= 0.3 is 5.97 Å². The summed E-state index contributed by atoms with van der Waals surface area (Å²) in [5.74, 6) is -0.456. The number of benzene rings is 3. The lowest BCUT2D eigenvalue weighted by atomic mass is 9.99. The van der Waals surface area contributed by atoms with E-state index in [0.29, 0.717) is 23.5 Å².